The molecule has 5 heteroatoms. The first-order valence-electron chi connectivity index (χ1n) is 6.10. The van der Waals surface area contributed by atoms with Crippen LogP contribution in [0.2, 0.25) is 0 Å². The van der Waals surface area contributed by atoms with E-state index in [0.717, 1.165) is 17.2 Å². The molecule has 2 aromatic rings. The summed E-state index contributed by atoms with van der Waals surface area (Å²) in [6.45, 7) is 7.39. The minimum Gasteiger partial charge on any atom is -0.504 e. The Morgan fingerprint density at radius 1 is 0.810 bits per heavy atom. The van der Waals surface area contributed by atoms with Crippen molar-refractivity contribution in [3.05, 3.63) is 48.6 Å². The molecular formula is C16H15NO4. The van der Waals surface area contributed by atoms with Crippen LogP contribution in [-0.2, 0) is 0 Å². The molecule has 5 nitrogen and oxygen atoms in total. The predicted molar refractivity (Wildman–Crippen MR) is 83.0 cm³/mol. The van der Waals surface area contributed by atoms with Gasteiger partial charge in [-0.3, -0.25) is 0 Å². The third-order valence-electron chi connectivity index (χ3n) is 3.03. The normalized spacial score (nSPS) is 10.1. The van der Waals surface area contributed by atoms with Crippen LogP contribution in [0.1, 0.15) is 11.1 Å². The average Bonchev–Trinajstić information content (AvgIpc) is 2.49. The van der Waals surface area contributed by atoms with Gasteiger partial charge in [-0.25, -0.2) is 0 Å². The van der Waals surface area contributed by atoms with Crippen LogP contribution in [0.3, 0.4) is 0 Å². The van der Waals surface area contributed by atoms with Crippen molar-refractivity contribution in [3.8, 4) is 23.0 Å². The number of anilines is 2. The zero-order valence-corrected chi connectivity index (χ0v) is 11.2. The Labute approximate surface area is 121 Å². The van der Waals surface area contributed by atoms with Crippen LogP contribution < -0.4 is 5.32 Å². The molecule has 108 valence electrons. The molecule has 0 aromatic heterocycles. The summed E-state index contributed by atoms with van der Waals surface area (Å²) in [7, 11) is 0. The van der Waals surface area contributed by atoms with Crippen LogP contribution in [0.4, 0.5) is 11.4 Å². The number of phenolic OH excluding ortho intramolecular Hbond substituents is 4. The maximum absolute atomic E-state index is 9.77. The number of rotatable bonds is 4. The van der Waals surface area contributed by atoms with E-state index in [1.54, 1.807) is 30.4 Å². The Balaban J connectivity index is 2.48. The lowest BCUT2D eigenvalue weighted by Gasteiger charge is -2.13. The summed E-state index contributed by atoms with van der Waals surface area (Å²) in [6, 6.07) is 6.06. The van der Waals surface area contributed by atoms with Gasteiger partial charge in [-0.05, 0) is 23.3 Å². The van der Waals surface area contributed by atoms with E-state index in [4.69, 9.17) is 0 Å². The first kappa shape index (κ1) is 14.3. The van der Waals surface area contributed by atoms with Gasteiger partial charge >= 0.3 is 0 Å². The Morgan fingerprint density at radius 2 is 1.38 bits per heavy atom. The summed E-state index contributed by atoms with van der Waals surface area (Å²) >= 11 is 0. The summed E-state index contributed by atoms with van der Waals surface area (Å²) < 4.78 is 0. The lowest BCUT2D eigenvalue weighted by molar-refractivity contribution is 0.376. The van der Waals surface area contributed by atoms with Crippen molar-refractivity contribution in [3.63, 3.8) is 0 Å². The molecule has 0 bridgehead atoms. The molecule has 0 aliphatic rings. The van der Waals surface area contributed by atoms with Gasteiger partial charge in [-0.15, -0.1) is 0 Å². The quantitative estimate of drug-likeness (QED) is 0.437. The van der Waals surface area contributed by atoms with Crippen LogP contribution in [0.25, 0.3) is 12.2 Å². The van der Waals surface area contributed by atoms with Gasteiger partial charge in [0.15, 0.2) is 23.0 Å². The highest BCUT2D eigenvalue weighted by Gasteiger charge is 2.17. The Hall–Kier alpha value is -3.08. The molecular weight excluding hydrogens is 270 g/mol. The molecule has 0 heterocycles. The molecule has 0 fully saturated rings. The minimum atomic E-state index is -0.557. The summed E-state index contributed by atoms with van der Waals surface area (Å²) in [5, 5.41) is 41.2. The van der Waals surface area contributed by atoms with Gasteiger partial charge in [0.05, 0.1) is 0 Å². The van der Waals surface area contributed by atoms with Crippen LogP contribution in [0.15, 0.2) is 37.4 Å². The van der Waals surface area contributed by atoms with Crippen molar-refractivity contribution in [2.24, 2.45) is 0 Å². The van der Waals surface area contributed by atoms with Crippen molar-refractivity contribution in [1.82, 2.24) is 0 Å². The fourth-order valence-electron chi connectivity index (χ4n) is 1.91. The maximum Gasteiger partial charge on any atom is 0.185 e. The van der Waals surface area contributed by atoms with Crippen molar-refractivity contribution < 1.29 is 20.4 Å². The van der Waals surface area contributed by atoms with E-state index >= 15 is 0 Å². The lowest BCUT2D eigenvalue weighted by atomic mass is 10.1. The van der Waals surface area contributed by atoms with E-state index in [2.05, 4.69) is 18.5 Å². The van der Waals surface area contributed by atoms with Crippen molar-refractivity contribution in [2.45, 2.75) is 0 Å². The van der Waals surface area contributed by atoms with Gasteiger partial charge in [-0.1, -0.05) is 31.4 Å². The molecule has 0 atom stereocenters. The van der Waals surface area contributed by atoms with Crippen LogP contribution in [0.5, 0.6) is 23.0 Å². The number of aromatic hydroxyl groups is 4. The molecule has 0 saturated heterocycles. The predicted octanol–water partition coefficient (Wildman–Crippen LogP) is 3.54. The van der Waals surface area contributed by atoms with Crippen LogP contribution >= 0.6 is 0 Å². The van der Waals surface area contributed by atoms with Gasteiger partial charge in [0, 0.05) is 11.8 Å². The number of hydrogen-bond donors (Lipinski definition) is 5. The van der Waals surface area contributed by atoms with Gasteiger partial charge in [0.25, 0.3) is 0 Å². The van der Waals surface area contributed by atoms with Crippen molar-refractivity contribution >= 4 is 23.5 Å². The second kappa shape index (κ2) is 5.50. The third kappa shape index (κ3) is 2.62. The number of nitrogens with one attached hydrogen (secondary N) is 1. The second-order valence-corrected chi connectivity index (χ2v) is 4.36. The molecule has 21 heavy (non-hydrogen) atoms. The van der Waals surface area contributed by atoms with E-state index in [1.807, 2.05) is 0 Å². The van der Waals surface area contributed by atoms with E-state index in [-0.39, 0.29) is 5.69 Å². The molecule has 0 aliphatic heterocycles. The van der Waals surface area contributed by atoms with Gasteiger partial charge in [0.1, 0.15) is 5.69 Å². The largest absolute Gasteiger partial charge is 0.504 e. The van der Waals surface area contributed by atoms with Crippen molar-refractivity contribution in [1.29, 1.82) is 0 Å². The monoisotopic (exact) mass is 285 g/mol. The molecule has 0 unspecified atom stereocenters. The molecule has 0 saturated carbocycles. The summed E-state index contributed by atoms with van der Waals surface area (Å²) in [6.07, 6.45) is 3.32. The maximum atomic E-state index is 9.77. The Bertz CT molecular complexity index is 696. The number of benzene rings is 2. The van der Waals surface area contributed by atoms with Gasteiger partial charge < -0.3 is 25.7 Å². The molecule has 2 aromatic carbocycles. The fourth-order valence-corrected chi connectivity index (χ4v) is 1.91. The van der Waals surface area contributed by atoms with Crippen molar-refractivity contribution in [2.75, 3.05) is 5.32 Å². The first-order chi connectivity index (χ1) is 9.97. The molecule has 0 amide bonds. The second-order valence-electron chi connectivity index (χ2n) is 4.36. The Morgan fingerprint density at radius 3 is 1.90 bits per heavy atom. The smallest absolute Gasteiger partial charge is 0.185 e. The average molecular weight is 285 g/mol. The summed E-state index contributed by atoms with van der Waals surface area (Å²) in [4.78, 5) is 0. The highest BCUT2D eigenvalue weighted by atomic mass is 16.3. The van der Waals surface area contributed by atoms with E-state index < -0.39 is 23.0 Å². The SMILES string of the molecule is C=Cc1ccc(Nc2c(O)c(O)cc(O)c2O)cc1C=C. The lowest BCUT2D eigenvalue weighted by Crippen LogP contribution is -1.93. The molecule has 2 rings (SSSR count). The van der Waals surface area contributed by atoms with E-state index in [9.17, 15) is 20.4 Å². The van der Waals surface area contributed by atoms with E-state index in [0.29, 0.717) is 5.69 Å². The zero-order valence-electron chi connectivity index (χ0n) is 11.2. The van der Waals surface area contributed by atoms with Gasteiger partial charge in [-0.2, -0.15) is 0 Å². The number of phenols is 4. The zero-order chi connectivity index (χ0) is 15.6. The first-order valence-corrected chi connectivity index (χ1v) is 6.10. The van der Waals surface area contributed by atoms with Gasteiger partial charge in [0.2, 0.25) is 0 Å². The standard InChI is InChI=1S/C16H15NO4/c1-3-9-5-6-11(7-10(9)4-2)17-14-15(20)12(18)8-13(19)16(14)21/h3-8,17-21H,1-2H2. The minimum absolute atomic E-state index is 0.186. The molecule has 5 N–H and O–H groups in total. The van der Waals surface area contributed by atoms with Crippen LogP contribution in [0, 0.1) is 0 Å². The third-order valence-corrected chi connectivity index (χ3v) is 3.03. The topological polar surface area (TPSA) is 93.0 Å². The molecule has 0 spiro atoms. The Kier molecular flexibility index (Phi) is 3.75. The highest BCUT2D eigenvalue weighted by Crippen LogP contribution is 2.47. The molecule has 0 aliphatic carbocycles. The summed E-state index contributed by atoms with van der Waals surface area (Å²) in [5.41, 5.74) is 2.03. The molecule has 0 radical (unpaired) electrons. The summed E-state index contributed by atoms with van der Waals surface area (Å²) in [5.74, 6) is -2.20. The fraction of sp³-hybridized carbons (Fsp3) is 0. The number of hydrogen-bond acceptors (Lipinski definition) is 5. The van der Waals surface area contributed by atoms with E-state index in [1.165, 1.54) is 0 Å². The van der Waals surface area contributed by atoms with Crippen LogP contribution in [-0.4, -0.2) is 20.4 Å². The highest BCUT2D eigenvalue weighted by molar-refractivity contribution is 5.80.